The first-order valence-corrected chi connectivity index (χ1v) is 7.36. The van der Waals surface area contributed by atoms with E-state index in [1.165, 1.54) is 18.3 Å². The first-order chi connectivity index (χ1) is 11.5. The van der Waals surface area contributed by atoms with Gasteiger partial charge < -0.3 is 9.84 Å². The number of amides is 1. The SMILES string of the molecule is Cc1ccccc1O[C@@H](C)C(=O)N/N=C\c1ccc(C(=O)O)cc1. The van der Waals surface area contributed by atoms with Gasteiger partial charge >= 0.3 is 5.97 Å². The summed E-state index contributed by atoms with van der Waals surface area (Å²) in [6, 6.07) is 13.6. The number of hydrazone groups is 1. The van der Waals surface area contributed by atoms with E-state index < -0.39 is 12.1 Å². The molecule has 1 amide bonds. The maximum absolute atomic E-state index is 12.0. The van der Waals surface area contributed by atoms with Crippen molar-refractivity contribution in [2.24, 2.45) is 5.10 Å². The molecule has 2 aromatic rings. The highest BCUT2D eigenvalue weighted by Crippen LogP contribution is 2.17. The summed E-state index contributed by atoms with van der Waals surface area (Å²) >= 11 is 0. The van der Waals surface area contributed by atoms with Crippen molar-refractivity contribution in [1.29, 1.82) is 0 Å². The van der Waals surface area contributed by atoms with Gasteiger partial charge in [-0.05, 0) is 43.2 Å². The van der Waals surface area contributed by atoms with E-state index >= 15 is 0 Å². The Morgan fingerprint density at radius 2 is 1.83 bits per heavy atom. The molecule has 0 radical (unpaired) electrons. The van der Waals surface area contributed by atoms with Gasteiger partial charge in [-0.1, -0.05) is 30.3 Å². The fourth-order valence-electron chi connectivity index (χ4n) is 1.91. The zero-order valence-corrected chi connectivity index (χ0v) is 13.4. The topological polar surface area (TPSA) is 88.0 Å². The number of carbonyl (C=O) groups is 2. The van der Waals surface area contributed by atoms with E-state index in [0.29, 0.717) is 11.3 Å². The molecule has 1 atom stereocenters. The molecule has 0 saturated carbocycles. The Balaban J connectivity index is 1.89. The fraction of sp³-hybridized carbons (Fsp3) is 0.167. The molecule has 0 unspecified atom stereocenters. The van der Waals surface area contributed by atoms with Gasteiger partial charge in [0.2, 0.25) is 0 Å². The number of ether oxygens (including phenoxy) is 1. The summed E-state index contributed by atoms with van der Waals surface area (Å²) in [4.78, 5) is 22.7. The van der Waals surface area contributed by atoms with Crippen molar-refractivity contribution in [2.45, 2.75) is 20.0 Å². The minimum Gasteiger partial charge on any atom is -0.481 e. The molecular formula is C18H18N2O4. The maximum atomic E-state index is 12.0. The predicted octanol–water partition coefficient (Wildman–Crippen LogP) is 2.61. The van der Waals surface area contributed by atoms with E-state index in [2.05, 4.69) is 10.5 Å². The van der Waals surface area contributed by atoms with Crippen LogP contribution in [0.5, 0.6) is 5.75 Å². The van der Waals surface area contributed by atoms with Gasteiger partial charge in [0.15, 0.2) is 6.10 Å². The van der Waals surface area contributed by atoms with Crippen molar-refractivity contribution in [3.8, 4) is 5.75 Å². The van der Waals surface area contributed by atoms with E-state index in [-0.39, 0.29) is 11.5 Å². The van der Waals surface area contributed by atoms with Crippen LogP contribution >= 0.6 is 0 Å². The Bertz CT molecular complexity index is 754. The van der Waals surface area contributed by atoms with E-state index in [0.717, 1.165) is 5.56 Å². The fourth-order valence-corrected chi connectivity index (χ4v) is 1.91. The molecule has 0 aliphatic carbocycles. The number of rotatable bonds is 6. The van der Waals surface area contributed by atoms with Gasteiger partial charge in [0.1, 0.15) is 5.75 Å². The average Bonchev–Trinajstić information content (AvgIpc) is 2.57. The summed E-state index contributed by atoms with van der Waals surface area (Å²) in [5.41, 5.74) is 4.21. The third kappa shape index (κ3) is 4.67. The van der Waals surface area contributed by atoms with Gasteiger partial charge in [-0.3, -0.25) is 4.79 Å². The predicted molar refractivity (Wildman–Crippen MR) is 90.4 cm³/mol. The summed E-state index contributed by atoms with van der Waals surface area (Å²) in [6.07, 6.45) is 0.738. The normalized spacial score (nSPS) is 11.9. The van der Waals surface area contributed by atoms with E-state index in [1.54, 1.807) is 25.1 Å². The molecule has 2 rings (SSSR count). The molecule has 2 aromatic carbocycles. The van der Waals surface area contributed by atoms with Gasteiger partial charge in [0.25, 0.3) is 5.91 Å². The molecule has 0 aromatic heterocycles. The third-order valence-electron chi connectivity index (χ3n) is 3.31. The summed E-state index contributed by atoms with van der Waals surface area (Å²) in [5.74, 6) is -0.723. The van der Waals surface area contributed by atoms with Crippen molar-refractivity contribution in [3.63, 3.8) is 0 Å². The number of carbonyl (C=O) groups excluding carboxylic acids is 1. The molecule has 0 fully saturated rings. The molecule has 6 heteroatoms. The second-order valence-corrected chi connectivity index (χ2v) is 5.19. The van der Waals surface area contributed by atoms with Crippen LogP contribution in [-0.2, 0) is 4.79 Å². The van der Waals surface area contributed by atoms with Crippen LogP contribution in [0.15, 0.2) is 53.6 Å². The number of carboxylic acids is 1. The second kappa shape index (κ2) is 7.92. The van der Waals surface area contributed by atoms with Crippen LogP contribution < -0.4 is 10.2 Å². The van der Waals surface area contributed by atoms with Crippen LogP contribution in [0.4, 0.5) is 0 Å². The number of benzene rings is 2. The minimum absolute atomic E-state index is 0.191. The lowest BCUT2D eigenvalue weighted by atomic mass is 10.1. The largest absolute Gasteiger partial charge is 0.481 e. The van der Waals surface area contributed by atoms with Gasteiger partial charge in [-0.15, -0.1) is 0 Å². The quantitative estimate of drug-likeness (QED) is 0.631. The Kier molecular flexibility index (Phi) is 5.68. The van der Waals surface area contributed by atoms with Crippen molar-refractivity contribution in [1.82, 2.24) is 5.43 Å². The molecular weight excluding hydrogens is 308 g/mol. The number of hydrogen-bond donors (Lipinski definition) is 2. The number of aryl methyl sites for hydroxylation is 1. The number of aromatic carboxylic acids is 1. The van der Waals surface area contributed by atoms with Crippen molar-refractivity contribution >= 4 is 18.1 Å². The Hall–Kier alpha value is -3.15. The number of hydrogen-bond acceptors (Lipinski definition) is 4. The average molecular weight is 326 g/mol. The molecule has 0 aliphatic heterocycles. The van der Waals surface area contributed by atoms with E-state index in [9.17, 15) is 9.59 Å². The highest BCUT2D eigenvalue weighted by Gasteiger charge is 2.14. The minimum atomic E-state index is -0.992. The van der Waals surface area contributed by atoms with Gasteiger partial charge in [0.05, 0.1) is 11.8 Å². The molecule has 0 saturated heterocycles. The van der Waals surface area contributed by atoms with Crippen LogP contribution in [-0.4, -0.2) is 29.3 Å². The lowest BCUT2D eigenvalue weighted by Gasteiger charge is -2.14. The van der Waals surface area contributed by atoms with E-state index in [4.69, 9.17) is 9.84 Å². The number of para-hydroxylation sites is 1. The lowest BCUT2D eigenvalue weighted by molar-refractivity contribution is -0.127. The highest BCUT2D eigenvalue weighted by atomic mass is 16.5. The summed E-state index contributed by atoms with van der Waals surface area (Å²) < 4.78 is 5.60. The molecule has 6 nitrogen and oxygen atoms in total. The van der Waals surface area contributed by atoms with Crippen molar-refractivity contribution < 1.29 is 19.4 Å². The van der Waals surface area contributed by atoms with Crippen LogP contribution in [0.25, 0.3) is 0 Å². The Morgan fingerprint density at radius 1 is 1.17 bits per heavy atom. The zero-order valence-electron chi connectivity index (χ0n) is 13.4. The smallest absolute Gasteiger partial charge is 0.335 e. The van der Waals surface area contributed by atoms with Crippen LogP contribution in [0.1, 0.15) is 28.4 Å². The van der Waals surface area contributed by atoms with E-state index in [1.807, 2.05) is 25.1 Å². The number of nitrogens with one attached hydrogen (secondary N) is 1. The summed E-state index contributed by atoms with van der Waals surface area (Å²) in [5, 5.41) is 12.7. The van der Waals surface area contributed by atoms with Crippen LogP contribution in [0, 0.1) is 6.92 Å². The molecule has 0 spiro atoms. The van der Waals surface area contributed by atoms with Crippen molar-refractivity contribution in [3.05, 3.63) is 65.2 Å². The molecule has 0 aliphatic rings. The third-order valence-corrected chi connectivity index (χ3v) is 3.31. The van der Waals surface area contributed by atoms with Gasteiger partial charge in [-0.25, -0.2) is 10.2 Å². The first kappa shape index (κ1) is 17.2. The monoisotopic (exact) mass is 326 g/mol. The first-order valence-electron chi connectivity index (χ1n) is 7.36. The number of carboxylic acid groups (broad SMARTS) is 1. The maximum Gasteiger partial charge on any atom is 0.335 e. The highest BCUT2D eigenvalue weighted by molar-refractivity contribution is 5.89. The molecule has 124 valence electrons. The van der Waals surface area contributed by atoms with Gasteiger partial charge in [0, 0.05) is 0 Å². The standard InChI is InChI=1S/C18H18N2O4/c1-12-5-3-4-6-16(12)24-13(2)17(21)20-19-11-14-7-9-15(10-8-14)18(22)23/h3-11,13H,1-2H3,(H,20,21)(H,22,23)/b19-11-/t13-/m0/s1. The Morgan fingerprint density at radius 3 is 2.46 bits per heavy atom. The lowest BCUT2D eigenvalue weighted by Crippen LogP contribution is -2.33. The second-order valence-electron chi connectivity index (χ2n) is 5.19. The van der Waals surface area contributed by atoms with Crippen LogP contribution in [0.2, 0.25) is 0 Å². The Labute approximate surface area is 139 Å². The summed E-state index contributed by atoms with van der Waals surface area (Å²) in [7, 11) is 0. The zero-order chi connectivity index (χ0) is 17.5. The molecule has 0 bridgehead atoms. The molecule has 2 N–H and O–H groups in total. The molecule has 24 heavy (non-hydrogen) atoms. The van der Waals surface area contributed by atoms with Crippen molar-refractivity contribution in [2.75, 3.05) is 0 Å². The van der Waals surface area contributed by atoms with Gasteiger partial charge in [-0.2, -0.15) is 5.10 Å². The van der Waals surface area contributed by atoms with Crippen LogP contribution in [0.3, 0.4) is 0 Å². The summed E-state index contributed by atoms with van der Waals surface area (Å²) in [6.45, 7) is 3.54. The molecule has 0 heterocycles. The number of nitrogens with zero attached hydrogens (tertiary/aromatic N) is 1.